The molecular weight excluding hydrogens is 243 g/mol. The first-order valence-corrected chi connectivity index (χ1v) is 4.98. The molecule has 2 nitrogen and oxygen atoms in total. The zero-order valence-corrected chi connectivity index (χ0v) is 8.60. The van der Waals surface area contributed by atoms with Crippen LogP contribution >= 0.6 is 11.3 Å². The van der Waals surface area contributed by atoms with Crippen LogP contribution in [0.5, 0.6) is 0 Å². The maximum Gasteiger partial charge on any atom is 0.673 e. The summed E-state index contributed by atoms with van der Waals surface area (Å²) in [6.07, 6.45) is 0. The summed E-state index contributed by atoms with van der Waals surface area (Å²) in [6, 6.07) is 7.68. The van der Waals surface area contributed by atoms with Crippen LogP contribution in [0, 0.1) is 5.39 Å². The third-order valence-corrected chi connectivity index (χ3v) is 2.52. The van der Waals surface area contributed by atoms with Gasteiger partial charge >= 0.3 is 12.9 Å². The molecule has 2 rings (SSSR count). The van der Waals surface area contributed by atoms with Crippen LogP contribution in [0.25, 0.3) is 15.1 Å². The summed E-state index contributed by atoms with van der Waals surface area (Å²) in [6.45, 7) is 0. The number of rotatable bonds is 0. The fourth-order valence-electron chi connectivity index (χ4n) is 1.06. The molecule has 0 amide bonds. The highest BCUT2D eigenvalue weighted by Crippen LogP contribution is 2.30. The maximum atomic E-state index is 9.75. The largest absolute Gasteiger partial charge is 0.673 e. The summed E-state index contributed by atoms with van der Waals surface area (Å²) in [4.78, 5) is 3.18. The van der Waals surface area contributed by atoms with Gasteiger partial charge in [0.15, 0.2) is 4.98 Å². The average molecular weight is 248 g/mol. The van der Waals surface area contributed by atoms with Crippen molar-refractivity contribution in [1.29, 1.82) is 5.39 Å². The first-order chi connectivity index (χ1) is 7.42. The van der Waals surface area contributed by atoms with Crippen molar-refractivity contribution < 1.29 is 17.3 Å². The van der Waals surface area contributed by atoms with Crippen LogP contribution in [0.3, 0.4) is 0 Å². The van der Waals surface area contributed by atoms with Gasteiger partial charge in [-0.25, -0.2) is 0 Å². The van der Waals surface area contributed by atoms with E-state index in [1.165, 1.54) is 0 Å². The molecule has 0 fully saturated rings. The Labute approximate surface area is 92.2 Å². The summed E-state index contributed by atoms with van der Waals surface area (Å²) in [7, 11) is -6.00. The van der Waals surface area contributed by atoms with Gasteiger partial charge in [0.1, 0.15) is 4.70 Å². The highest BCUT2D eigenvalue weighted by atomic mass is 32.1. The van der Waals surface area contributed by atoms with Gasteiger partial charge in [0.25, 0.3) is 0 Å². The molecule has 0 aliphatic carbocycles. The Morgan fingerprint density at radius 1 is 1.12 bits per heavy atom. The first-order valence-electron chi connectivity index (χ1n) is 4.10. The van der Waals surface area contributed by atoms with E-state index in [-0.39, 0.29) is 0 Å². The molecular formula is C8H5BF4N2S. The molecule has 2 aromatic rings. The topological polar surface area (TPSA) is 28.1 Å². The number of diazo groups is 1. The molecule has 0 radical (unpaired) electrons. The molecule has 1 heterocycles. The van der Waals surface area contributed by atoms with E-state index in [0.717, 1.165) is 10.1 Å². The van der Waals surface area contributed by atoms with Crippen molar-refractivity contribution in [2.45, 2.75) is 0 Å². The molecule has 0 aliphatic heterocycles. The van der Waals surface area contributed by atoms with E-state index in [9.17, 15) is 17.3 Å². The van der Waals surface area contributed by atoms with Crippen molar-refractivity contribution in [2.24, 2.45) is 0 Å². The number of hydrogen-bond acceptors (Lipinski definition) is 2. The fraction of sp³-hybridized carbons (Fsp3) is 0. The Morgan fingerprint density at radius 3 is 2.31 bits per heavy atom. The molecule has 0 atom stereocenters. The monoisotopic (exact) mass is 248 g/mol. The molecule has 8 heteroatoms. The van der Waals surface area contributed by atoms with Crippen molar-refractivity contribution in [3.05, 3.63) is 34.6 Å². The van der Waals surface area contributed by atoms with Crippen LogP contribution < -0.4 is 0 Å². The summed E-state index contributed by atoms with van der Waals surface area (Å²) in [5.74, 6) is 0. The van der Waals surface area contributed by atoms with Gasteiger partial charge in [0.05, 0.1) is 0 Å². The normalized spacial score (nSPS) is 10.4. The minimum absolute atomic E-state index is 0.650. The van der Waals surface area contributed by atoms with Gasteiger partial charge in [-0.15, -0.1) is 11.3 Å². The number of hydrogen-bond donors (Lipinski definition) is 0. The second-order valence-corrected chi connectivity index (χ2v) is 3.63. The predicted octanol–water partition coefficient (Wildman–Crippen LogP) is 4.69. The molecule has 0 N–H and O–H groups in total. The van der Waals surface area contributed by atoms with Crippen molar-refractivity contribution in [1.82, 2.24) is 0 Å². The van der Waals surface area contributed by atoms with Gasteiger partial charge in [-0.1, -0.05) is 12.1 Å². The van der Waals surface area contributed by atoms with Gasteiger partial charge < -0.3 is 17.3 Å². The molecule has 0 aliphatic rings. The minimum atomic E-state index is -6.00. The summed E-state index contributed by atoms with van der Waals surface area (Å²) < 4.78 is 40.0. The standard InChI is InChI=1S/C8H5N2S.BF4/c9-10-7-3-1-2-6-4-5-11-8(6)7;2-1(3,4)5/h1-5H;/q+1;-1. The number of nitrogens with zero attached hydrogens (tertiary/aromatic N) is 2. The number of fused-ring (bicyclic) bond motifs is 1. The molecule has 1 aromatic carbocycles. The van der Waals surface area contributed by atoms with Crippen LogP contribution in [0.15, 0.2) is 29.6 Å². The van der Waals surface area contributed by atoms with Crippen molar-refractivity contribution in [3.8, 4) is 0 Å². The van der Waals surface area contributed by atoms with Gasteiger partial charge in [-0.2, -0.15) is 0 Å². The van der Waals surface area contributed by atoms with E-state index in [4.69, 9.17) is 5.39 Å². The van der Waals surface area contributed by atoms with Crippen LogP contribution in [0.1, 0.15) is 0 Å². The average Bonchev–Trinajstić information content (AvgIpc) is 2.62. The van der Waals surface area contributed by atoms with E-state index in [1.54, 1.807) is 17.4 Å². The zero-order valence-electron chi connectivity index (χ0n) is 7.78. The zero-order chi connectivity index (χ0) is 12.2. The molecule has 0 spiro atoms. The second kappa shape index (κ2) is 4.94. The molecule has 0 saturated heterocycles. The lowest BCUT2D eigenvalue weighted by atomic mass is 10.2. The lowest BCUT2D eigenvalue weighted by Gasteiger charge is -1.94. The Hall–Kier alpha value is -1.62. The van der Waals surface area contributed by atoms with Crippen molar-refractivity contribution in [3.63, 3.8) is 0 Å². The number of halogens is 4. The number of thiophene rings is 1. The van der Waals surface area contributed by atoms with Crippen LogP contribution in [-0.4, -0.2) is 7.25 Å². The molecule has 0 saturated carbocycles. The van der Waals surface area contributed by atoms with Crippen LogP contribution in [-0.2, 0) is 0 Å². The van der Waals surface area contributed by atoms with E-state index in [1.807, 2.05) is 23.6 Å². The quantitative estimate of drug-likeness (QED) is 0.377. The van der Waals surface area contributed by atoms with Crippen molar-refractivity contribution in [2.75, 3.05) is 0 Å². The highest BCUT2D eigenvalue weighted by Gasteiger charge is 2.20. The Morgan fingerprint density at radius 2 is 1.75 bits per heavy atom. The smallest absolute Gasteiger partial charge is 0.418 e. The molecule has 0 bridgehead atoms. The third kappa shape index (κ3) is 3.86. The van der Waals surface area contributed by atoms with E-state index >= 15 is 0 Å². The predicted molar refractivity (Wildman–Crippen MR) is 56.8 cm³/mol. The van der Waals surface area contributed by atoms with E-state index in [0.29, 0.717) is 5.69 Å². The van der Waals surface area contributed by atoms with Gasteiger partial charge in [0, 0.05) is 11.5 Å². The molecule has 0 unspecified atom stereocenters. The third-order valence-electron chi connectivity index (χ3n) is 1.57. The second-order valence-electron chi connectivity index (χ2n) is 2.71. The highest BCUT2D eigenvalue weighted by molar-refractivity contribution is 7.17. The lowest BCUT2D eigenvalue weighted by Crippen LogP contribution is -2.02. The SMILES string of the molecule is F[B-](F)(F)F.N#[N+]c1cccc2ccsc12. The van der Waals surface area contributed by atoms with E-state index in [2.05, 4.69) is 4.98 Å². The van der Waals surface area contributed by atoms with Gasteiger partial charge in [-0.3, -0.25) is 0 Å². The van der Waals surface area contributed by atoms with Gasteiger partial charge in [0.2, 0.25) is 5.39 Å². The molecule has 16 heavy (non-hydrogen) atoms. The van der Waals surface area contributed by atoms with E-state index < -0.39 is 7.25 Å². The molecule has 84 valence electrons. The van der Waals surface area contributed by atoms with Crippen LogP contribution in [0.4, 0.5) is 23.0 Å². The lowest BCUT2D eigenvalue weighted by molar-refractivity contribution is 0.368. The Bertz CT molecular complexity index is 510. The molecule has 1 aromatic heterocycles. The number of benzene rings is 1. The van der Waals surface area contributed by atoms with Gasteiger partial charge in [-0.05, 0) is 11.4 Å². The Balaban J connectivity index is 0.000000221. The first kappa shape index (κ1) is 12.5. The minimum Gasteiger partial charge on any atom is -0.418 e. The van der Waals surface area contributed by atoms with Crippen LogP contribution in [0.2, 0.25) is 0 Å². The summed E-state index contributed by atoms with van der Waals surface area (Å²) >= 11 is 1.58. The Kier molecular flexibility index (Phi) is 3.85. The maximum absolute atomic E-state index is 9.75. The fourth-order valence-corrected chi connectivity index (χ4v) is 1.91. The van der Waals surface area contributed by atoms with Crippen molar-refractivity contribution >= 4 is 34.4 Å². The summed E-state index contributed by atoms with van der Waals surface area (Å²) in [5, 5.41) is 11.7. The summed E-state index contributed by atoms with van der Waals surface area (Å²) in [5.41, 5.74) is 0.650.